The van der Waals surface area contributed by atoms with Gasteiger partial charge < -0.3 is 5.32 Å². The van der Waals surface area contributed by atoms with Crippen molar-refractivity contribution in [2.45, 2.75) is 52.0 Å². The Hall–Kier alpha value is -0.540. The zero-order valence-corrected chi connectivity index (χ0v) is 13.6. The van der Waals surface area contributed by atoms with Crippen molar-refractivity contribution in [3.05, 3.63) is 16.4 Å². The Morgan fingerprint density at radius 2 is 2.10 bits per heavy atom. The predicted molar refractivity (Wildman–Crippen MR) is 83.1 cm³/mol. The first-order chi connectivity index (χ1) is 9.63. The van der Waals surface area contributed by atoms with Gasteiger partial charge in [-0.2, -0.15) is 5.10 Å². The summed E-state index contributed by atoms with van der Waals surface area (Å²) in [5.74, 6) is 2.85. The largest absolute Gasteiger partial charge is 0.313 e. The maximum Gasteiger partial charge on any atom is 0.130 e. The summed E-state index contributed by atoms with van der Waals surface area (Å²) in [5, 5.41) is 9.05. The first-order valence-electron chi connectivity index (χ1n) is 8.04. The quantitative estimate of drug-likeness (QED) is 0.872. The highest BCUT2D eigenvalue weighted by Crippen LogP contribution is 2.59. The van der Waals surface area contributed by atoms with Gasteiger partial charge in [0, 0.05) is 18.7 Å². The van der Waals surface area contributed by atoms with Gasteiger partial charge >= 0.3 is 0 Å². The molecular formula is C16H26ClN3. The third kappa shape index (κ3) is 2.50. The van der Waals surface area contributed by atoms with Crippen LogP contribution in [0.2, 0.25) is 5.15 Å². The number of aryl methyl sites for hydroxylation is 2. The number of halogens is 1. The summed E-state index contributed by atoms with van der Waals surface area (Å²) in [6.45, 7) is 5.42. The number of nitrogens with one attached hydrogen (secondary N) is 1. The summed E-state index contributed by atoms with van der Waals surface area (Å²) in [4.78, 5) is 0. The second kappa shape index (κ2) is 5.69. The molecule has 2 fully saturated rings. The van der Waals surface area contributed by atoms with E-state index >= 15 is 0 Å². The highest BCUT2D eigenvalue weighted by molar-refractivity contribution is 6.30. The number of rotatable bonds is 6. The minimum Gasteiger partial charge on any atom is -0.313 e. The lowest BCUT2D eigenvalue weighted by Gasteiger charge is -2.20. The standard InChI is InChI=1S/C16H26ClN3/c1-4-8-18-14(15-11-6-5-7-12(11)15)9-13-10(2)19-20(3)16(13)17/h11-12,14-15,18H,4-9H2,1-3H3. The van der Waals surface area contributed by atoms with Crippen LogP contribution in [0, 0.1) is 24.7 Å². The van der Waals surface area contributed by atoms with Crippen LogP contribution >= 0.6 is 11.6 Å². The molecule has 0 spiro atoms. The molecule has 2 aliphatic carbocycles. The molecule has 1 aromatic rings. The summed E-state index contributed by atoms with van der Waals surface area (Å²) in [7, 11) is 1.93. The van der Waals surface area contributed by atoms with Crippen LogP contribution in [0.1, 0.15) is 43.9 Å². The van der Waals surface area contributed by atoms with Crippen molar-refractivity contribution in [1.82, 2.24) is 15.1 Å². The maximum atomic E-state index is 6.41. The van der Waals surface area contributed by atoms with E-state index in [1.807, 2.05) is 7.05 Å². The van der Waals surface area contributed by atoms with Gasteiger partial charge in [-0.3, -0.25) is 4.68 Å². The molecule has 0 radical (unpaired) electrons. The van der Waals surface area contributed by atoms with Crippen molar-refractivity contribution < 1.29 is 0 Å². The van der Waals surface area contributed by atoms with Crippen molar-refractivity contribution in [3.8, 4) is 0 Å². The molecule has 3 rings (SSSR count). The van der Waals surface area contributed by atoms with Crippen LogP contribution in [-0.4, -0.2) is 22.4 Å². The third-order valence-electron chi connectivity index (χ3n) is 5.29. The van der Waals surface area contributed by atoms with Gasteiger partial charge in [-0.05, 0) is 56.9 Å². The topological polar surface area (TPSA) is 29.9 Å². The second-order valence-corrected chi connectivity index (χ2v) is 6.94. The van der Waals surface area contributed by atoms with E-state index in [0.717, 1.165) is 41.6 Å². The maximum absolute atomic E-state index is 6.41. The fourth-order valence-corrected chi connectivity index (χ4v) is 4.53. The SMILES string of the molecule is CCCNC(Cc1c(C)nn(C)c1Cl)C1C2CCCC21. The summed E-state index contributed by atoms with van der Waals surface area (Å²) in [6.07, 6.45) is 6.56. The average molecular weight is 296 g/mol. The zero-order valence-electron chi connectivity index (χ0n) is 12.8. The zero-order chi connectivity index (χ0) is 14.3. The molecule has 1 N–H and O–H groups in total. The highest BCUT2D eigenvalue weighted by atomic mass is 35.5. The minimum atomic E-state index is 0.589. The molecule has 1 aromatic heterocycles. The molecule has 3 nitrogen and oxygen atoms in total. The van der Waals surface area contributed by atoms with Crippen molar-refractivity contribution >= 4 is 11.6 Å². The molecule has 2 saturated carbocycles. The molecule has 20 heavy (non-hydrogen) atoms. The average Bonchev–Trinajstić information content (AvgIpc) is 2.78. The fraction of sp³-hybridized carbons (Fsp3) is 0.812. The molecule has 0 amide bonds. The molecule has 0 saturated heterocycles. The van der Waals surface area contributed by atoms with E-state index in [-0.39, 0.29) is 0 Å². The first kappa shape index (κ1) is 14.4. The van der Waals surface area contributed by atoms with Crippen molar-refractivity contribution in [1.29, 1.82) is 0 Å². The predicted octanol–water partition coefficient (Wildman–Crippen LogP) is 3.34. The molecule has 3 atom stereocenters. The van der Waals surface area contributed by atoms with E-state index < -0.39 is 0 Å². The number of hydrogen-bond donors (Lipinski definition) is 1. The lowest BCUT2D eigenvalue weighted by atomic mass is 9.97. The van der Waals surface area contributed by atoms with Crippen LogP contribution in [0.3, 0.4) is 0 Å². The van der Waals surface area contributed by atoms with E-state index in [2.05, 4.69) is 24.3 Å². The van der Waals surface area contributed by atoms with Crippen LogP contribution in [-0.2, 0) is 13.5 Å². The number of aromatic nitrogens is 2. The summed E-state index contributed by atoms with van der Waals surface area (Å²) < 4.78 is 1.80. The molecule has 2 aliphatic rings. The number of hydrogen-bond acceptors (Lipinski definition) is 2. The Kier molecular flexibility index (Phi) is 4.09. The monoisotopic (exact) mass is 295 g/mol. The number of fused-ring (bicyclic) bond motifs is 1. The van der Waals surface area contributed by atoms with Crippen molar-refractivity contribution in [2.24, 2.45) is 24.8 Å². The summed E-state index contributed by atoms with van der Waals surface area (Å²) in [5.41, 5.74) is 2.33. The summed E-state index contributed by atoms with van der Waals surface area (Å²) in [6, 6.07) is 0.589. The molecule has 1 heterocycles. The van der Waals surface area contributed by atoms with Gasteiger partial charge in [0.05, 0.1) is 5.69 Å². The summed E-state index contributed by atoms with van der Waals surface area (Å²) >= 11 is 6.41. The molecular weight excluding hydrogens is 270 g/mol. The Balaban J connectivity index is 1.73. The highest BCUT2D eigenvalue weighted by Gasteiger charge is 2.55. The molecule has 3 unspecified atom stereocenters. The van der Waals surface area contributed by atoms with Crippen LogP contribution in [0.15, 0.2) is 0 Å². The molecule has 0 aromatic carbocycles. The van der Waals surface area contributed by atoms with E-state index in [9.17, 15) is 0 Å². The smallest absolute Gasteiger partial charge is 0.130 e. The van der Waals surface area contributed by atoms with Gasteiger partial charge in [-0.15, -0.1) is 0 Å². The number of nitrogens with zero attached hydrogens (tertiary/aromatic N) is 2. The van der Waals surface area contributed by atoms with E-state index in [4.69, 9.17) is 11.6 Å². The van der Waals surface area contributed by atoms with Crippen molar-refractivity contribution in [2.75, 3.05) is 6.54 Å². The Labute approximate surface area is 127 Å². The molecule has 0 aliphatic heterocycles. The normalized spacial score (nSPS) is 29.5. The lowest BCUT2D eigenvalue weighted by molar-refractivity contribution is 0.403. The van der Waals surface area contributed by atoms with Gasteiger partial charge in [0.25, 0.3) is 0 Å². The van der Waals surface area contributed by atoms with Gasteiger partial charge in [0.15, 0.2) is 0 Å². The third-order valence-corrected chi connectivity index (χ3v) is 5.76. The first-order valence-corrected chi connectivity index (χ1v) is 8.42. The van der Waals surface area contributed by atoms with Gasteiger partial charge in [-0.25, -0.2) is 0 Å². The van der Waals surface area contributed by atoms with Gasteiger partial charge in [0.1, 0.15) is 5.15 Å². The van der Waals surface area contributed by atoms with Crippen LogP contribution in [0.5, 0.6) is 0 Å². The van der Waals surface area contributed by atoms with E-state index in [0.29, 0.717) is 6.04 Å². The van der Waals surface area contributed by atoms with Crippen LogP contribution in [0.4, 0.5) is 0 Å². The molecule has 0 bridgehead atoms. The molecule has 112 valence electrons. The minimum absolute atomic E-state index is 0.589. The van der Waals surface area contributed by atoms with Crippen LogP contribution in [0.25, 0.3) is 0 Å². The fourth-order valence-electron chi connectivity index (χ4n) is 4.27. The molecule has 4 heteroatoms. The van der Waals surface area contributed by atoms with E-state index in [1.54, 1.807) is 4.68 Å². The Bertz CT molecular complexity index is 472. The lowest BCUT2D eigenvalue weighted by Crippen LogP contribution is -2.35. The van der Waals surface area contributed by atoms with Gasteiger partial charge in [0.2, 0.25) is 0 Å². The van der Waals surface area contributed by atoms with E-state index in [1.165, 1.54) is 31.2 Å². The second-order valence-electron chi connectivity index (χ2n) is 6.58. The Morgan fingerprint density at radius 1 is 1.40 bits per heavy atom. The van der Waals surface area contributed by atoms with Crippen LogP contribution < -0.4 is 5.32 Å². The van der Waals surface area contributed by atoms with Gasteiger partial charge in [-0.1, -0.05) is 24.9 Å². The van der Waals surface area contributed by atoms with Crippen molar-refractivity contribution in [3.63, 3.8) is 0 Å². The Morgan fingerprint density at radius 3 is 2.65 bits per heavy atom.